The van der Waals surface area contributed by atoms with Crippen LogP contribution in [0.4, 0.5) is 13.2 Å². The van der Waals surface area contributed by atoms with Crippen molar-refractivity contribution in [2.75, 3.05) is 33.2 Å². The molecule has 2 aliphatic rings. The summed E-state index contributed by atoms with van der Waals surface area (Å²) in [6, 6.07) is 1.54. The standard InChI is InChI=1S/C14H21N5O2.C2HF3O2/c1-15-14(21)12-9-17(8-11-4-5-16-19(11)12)10-13(20)18-6-2-3-7-18;3-2(4,5)1(6)7/h4-5,12H,2-3,6-10H2,1H3,(H,15,21);(H,6,7). The first-order chi connectivity index (χ1) is 13.1. The topological polar surface area (TPSA) is 108 Å². The Labute approximate surface area is 159 Å². The molecule has 1 saturated heterocycles. The monoisotopic (exact) mass is 405 g/mol. The number of hydrogen-bond donors (Lipinski definition) is 2. The molecule has 3 rings (SSSR count). The molecule has 12 heteroatoms. The van der Waals surface area contributed by atoms with Crippen molar-refractivity contribution in [2.24, 2.45) is 0 Å². The summed E-state index contributed by atoms with van der Waals surface area (Å²) in [6.07, 6.45) is -1.18. The highest BCUT2D eigenvalue weighted by Crippen LogP contribution is 2.21. The second-order valence-electron chi connectivity index (χ2n) is 6.46. The van der Waals surface area contributed by atoms with Gasteiger partial charge in [-0.05, 0) is 18.9 Å². The van der Waals surface area contributed by atoms with E-state index in [4.69, 9.17) is 9.90 Å². The lowest BCUT2D eigenvalue weighted by Gasteiger charge is -2.33. The van der Waals surface area contributed by atoms with E-state index in [0.29, 0.717) is 19.6 Å². The second kappa shape index (κ2) is 9.04. The average Bonchev–Trinajstić information content (AvgIpc) is 3.31. The molecular formula is C16H22F3N5O4. The van der Waals surface area contributed by atoms with E-state index >= 15 is 0 Å². The van der Waals surface area contributed by atoms with Crippen molar-refractivity contribution in [2.45, 2.75) is 31.6 Å². The van der Waals surface area contributed by atoms with Gasteiger partial charge < -0.3 is 15.3 Å². The molecule has 2 aliphatic heterocycles. The number of nitrogens with zero attached hydrogens (tertiary/aromatic N) is 4. The fourth-order valence-corrected chi connectivity index (χ4v) is 3.10. The maximum absolute atomic E-state index is 12.3. The van der Waals surface area contributed by atoms with Crippen LogP contribution >= 0.6 is 0 Å². The Bertz CT molecular complexity index is 715. The third-order valence-electron chi connectivity index (χ3n) is 4.47. The summed E-state index contributed by atoms with van der Waals surface area (Å²) in [5, 5.41) is 14.0. The third kappa shape index (κ3) is 5.44. The zero-order chi connectivity index (χ0) is 20.9. The number of aromatic nitrogens is 2. The van der Waals surface area contributed by atoms with Gasteiger partial charge in [0.15, 0.2) is 0 Å². The highest BCUT2D eigenvalue weighted by atomic mass is 19.4. The summed E-state index contributed by atoms with van der Waals surface area (Å²) < 4.78 is 33.5. The van der Waals surface area contributed by atoms with E-state index in [1.165, 1.54) is 0 Å². The number of carbonyl (C=O) groups excluding carboxylic acids is 2. The zero-order valence-electron chi connectivity index (χ0n) is 15.3. The van der Waals surface area contributed by atoms with E-state index < -0.39 is 12.1 Å². The molecule has 9 nitrogen and oxygen atoms in total. The molecule has 3 heterocycles. The van der Waals surface area contributed by atoms with E-state index in [1.807, 2.05) is 15.9 Å². The molecule has 0 spiro atoms. The number of aliphatic carboxylic acids is 1. The fraction of sp³-hybridized carbons (Fsp3) is 0.625. The van der Waals surface area contributed by atoms with E-state index in [0.717, 1.165) is 31.6 Å². The van der Waals surface area contributed by atoms with Crippen molar-refractivity contribution in [1.82, 2.24) is 24.9 Å². The van der Waals surface area contributed by atoms with Crippen LogP contribution in [0.3, 0.4) is 0 Å². The van der Waals surface area contributed by atoms with Crippen LogP contribution in [0, 0.1) is 0 Å². The molecule has 0 aliphatic carbocycles. The van der Waals surface area contributed by atoms with Gasteiger partial charge in [-0.3, -0.25) is 19.2 Å². The van der Waals surface area contributed by atoms with Gasteiger partial charge in [0, 0.05) is 39.4 Å². The first-order valence-corrected chi connectivity index (χ1v) is 8.67. The van der Waals surface area contributed by atoms with Gasteiger partial charge in [0.1, 0.15) is 6.04 Å². The number of carbonyl (C=O) groups is 3. The Kier molecular flexibility index (Phi) is 7.00. The molecule has 0 bridgehead atoms. The minimum atomic E-state index is -5.08. The van der Waals surface area contributed by atoms with Crippen LogP contribution in [0.2, 0.25) is 0 Å². The molecule has 0 radical (unpaired) electrons. The van der Waals surface area contributed by atoms with Crippen LogP contribution in [0.15, 0.2) is 12.3 Å². The van der Waals surface area contributed by atoms with Gasteiger partial charge >= 0.3 is 12.1 Å². The Hall–Kier alpha value is -2.63. The number of hydrogen-bond acceptors (Lipinski definition) is 5. The van der Waals surface area contributed by atoms with Gasteiger partial charge in [-0.25, -0.2) is 4.79 Å². The Balaban J connectivity index is 0.000000345. The molecule has 1 fully saturated rings. The lowest BCUT2D eigenvalue weighted by atomic mass is 10.1. The van der Waals surface area contributed by atoms with Gasteiger partial charge in [0.25, 0.3) is 0 Å². The fourth-order valence-electron chi connectivity index (χ4n) is 3.10. The lowest BCUT2D eigenvalue weighted by molar-refractivity contribution is -0.192. The average molecular weight is 405 g/mol. The highest BCUT2D eigenvalue weighted by Gasteiger charge is 2.38. The maximum atomic E-state index is 12.3. The zero-order valence-corrected chi connectivity index (χ0v) is 15.3. The number of carboxylic acids is 1. The van der Waals surface area contributed by atoms with Crippen molar-refractivity contribution >= 4 is 17.8 Å². The van der Waals surface area contributed by atoms with Gasteiger partial charge in [-0.15, -0.1) is 0 Å². The van der Waals surface area contributed by atoms with E-state index in [-0.39, 0.29) is 17.9 Å². The number of likely N-dealkylation sites (tertiary alicyclic amines) is 1. The van der Waals surface area contributed by atoms with Crippen LogP contribution in [0.1, 0.15) is 24.6 Å². The van der Waals surface area contributed by atoms with E-state index in [9.17, 15) is 22.8 Å². The third-order valence-corrected chi connectivity index (χ3v) is 4.47. The van der Waals surface area contributed by atoms with Gasteiger partial charge in [0.2, 0.25) is 11.8 Å². The minimum absolute atomic E-state index is 0.0710. The molecule has 2 amide bonds. The van der Waals surface area contributed by atoms with Crippen LogP contribution in [-0.2, 0) is 20.9 Å². The maximum Gasteiger partial charge on any atom is 0.490 e. The van der Waals surface area contributed by atoms with Crippen LogP contribution in [0.5, 0.6) is 0 Å². The summed E-state index contributed by atoms with van der Waals surface area (Å²) in [7, 11) is 1.62. The quantitative estimate of drug-likeness (QED) is 0.746. The number of alkyl halides is 3. The summed E-state index contributed by atoms with van der Waals surface area (Å²) in [5.41, 5.74) is 0.976. The molecule has 1 unspecified atom stereocenters. The summed E-state index contributed by atoms with van der Waals surface area (Å²) in [6.45, 7) is 3.28. The van der Waals surface area contributed by atoms with Crippen LogP contribution in [0.25, 0.3) is 0 Å². The van der Waals surface area contributed by atoms with Crippen molar-refractivity contribution in [3.05, 3.63) is 18.0 Å². The first kappa shape index (κ1) is 21.7. The molecule has 0 saturated carbocycles. The molecule has 0 aromatic carbocycles. The molecule has 28 heavy (non-hydrogen) atoms. The smallest absolute Gasteiger partial charge is 0.475 e. The first-order valence-electron chi connectivity index (χ1n) is 8.67. The van der Waals surface area contributed by atoms with E-state index in [2.05, 4.69) is 10.4 Å². The molecule has 1 atom stereocenters. The van der Waals surface area contributed by atoms with E-state index in [1.54, 1.807) is 17.9 Å². The van der Waals surface area contributed by atoms with Crippen molar-refractivity contribution in [3.8, 4) is 0 Å². The SMILES string of the molecule is CNC(=O)C1CN(CC(=O)N2CCCC2)Cc2ccnn21.O=C(O)C(F)(F)F. The molecule has 1 aromatic rings. The summed E-state index contributed by atoms with van der Waals surface area (Å²) >= 11 is 0. The number of carboxylic acid groups (broad SMARTS) is 1. The molecule has 1 aromatic heterocycles. The highest BCUT2D eigenvalue weighted by molar-refractivity contribution is 5.81. The number of halogens is 3. The van der Waals surface area contributed by atoms with Crippen molar-refractivity contribution < 1.29 is 32.7 Å². The largest absolute Gasteiger partial charge is 0.490 e. The second-order valence-corrected chi connectivity index (χ2v) is 6.46. The Morgan fingerprint density at radius 2 is 1.89 bits per heavy atom. The number of fused-ring (bicyclic) bond motifs is 1. The van der Waals surface area contributed by atoms with Gasteiger partial charge in [-0.1, -0.05) is 0 Å². The predicted octanol–water partition coefficient (Wildman–Crippen LogP) is 0.242. The van der Waals surface area contributed by atoms with Gasteiger partial charge in [-0.2, -0.15) is 18.3 Å². The number of likely N-dealkylation sites (N-methyl/N-ethyl adjacent to an activating group) is 1. The van der Waals surface area contributed by atoms with Crippen molar-refractivity contribution in [1.29, 1.82) is 0 Å². The Morgan fingerprint density at radius 3 is 2.43 bits per heavy atom. The molecular weight excluding hydrogens is 383 g/mol. The number of rotatable bonds is 3. The molecule has 2 N–H and O–H groups in total. The lowest BCUT2D eigenvalue weighted by Crippen LogP contribution is -2.47. The van der Waals surface area contributed by atoms with Crippen molar-refractivity contribution in [3.63, 3.8) is 0 Å². The Morgan fingerprint density at radius 1 is 1.29 bits per heavy atom. The number of nitrogens with one attached hydrogen (secondary N) is 1. The van der Waals surface area contributed by atoms with Crippen LogP contribution < -0.4 is 5.32 Å². The van der Waals surface area contributed by atoms with Crippen LogP contribution in [-0.4, -0.2) is 81.9 Å². The number of amides is 2. The summed E-state index contributed by atoms with van der Waals surface area (Å²) in [4.78, 5) is 37.1. The normalized spacial score (nSPS) is 19.4. The van der Waals surface area contributed by atoms with Gasteiger partial charge in [0.05, 0.1) is 12.2 Å². The molecule has 156 valence electrons. The summed E-state index contributed by atoms with van der Waals surface area (Å²) in [5.74, 6) is -2.66. The minimum Gasteiger partial charge on any atom is -0.475 e. The predicted molar refractivity (Wildman–Crippen MR) is 90.1 cm³/mol.